The normalized spacial score (nSPS) is 15.6. The van der Waals surface area contributed by atoms with Gasteiger partial charge in [0, 0.05) is 72.1 Å². The summed E-state index contributed by atoms with van der Waals surface area (Å²) in [6, 6.07) is 12.6. The summed E-state index contributed by atoms with van der Waals surface area (Å²) in [7, 11) is 5.14. The highest BCUT2D eigenvalue weighted by Crippen LogP contribution is 2.52. The van der Waals surface area contributed by atoms with Gasteiger partial charge in [-0.3, -0.25) is 0 Å². The summed E-state index contributed by atoms with van der Waals surface area (Å²) in [5.41, 5.74) is 8.75. The number of aromatic nitrogens is 3. The molecule has 13 heteroatoms. The molecule has 2 unspecified atom stereocenters. The lowest BCUT2D eigenvalue weighted by Crippen LogP contribution is -2.47. The molecule has 0 saturated heterocycles. The Morgan fingerprint density at radius 2 is 1.70 bits per heavy atom. The molecule has 0 radical (unpaired) electrons. The molecule has 3 atom stereocenters. The highest BCUT2D eigenvalue weighted by molar-refractivity contribution is 6.34. The van der Waals surface area contributed by atoms with Gasteiger partial charge >= 0.3 is 5.97 Å². The average Bonchev–Trinajstić information content (AvgIpc) is 3.71. The first-order valence-electron chi connectivity index (χ1n) is 18.7. The zero-order valence-electron chi connectivity index (χ0n) is 33.2. The van der Waals surface area contributed by atoms with Crippen LogP contribution < -0.4 is 19.3 Å². The van der Waals surface area contributed by atoms with Crippen LogP contribution in [-0.2, 0) is 16.1 Å². The Labute approximate surface area is 338 Å². The number of likely N-dealkylation sites (N-methyl/N-ethyl adjacent to an activating group) is 1. The molecule has 0 fully saturated rings. The Morgan fingerprint density at radius 1 is 1.00 bits per heavy atom. The first-order chi connectivity index (χ1) is 26.8. The fraction of sp³-hybridized carbons (Fsp3) is 0.395. The van der Waals surface area contributed by atoms with Gasteiger partial charge in [0.2, 0.25) is 0 Å². The van der Waals surface area contributed by atoms with Gasteiger partial charge in [-0.15, -0.1) is 0 Å². The molecule has 2 aromatic heterocycles. The summed E-state index contributed by atoms with van der Waals surface area (Å²) < 4.78 is 19.0. The van der Waals surface area contributed by atoms with Gasteiger partial charge < -0.3 is 38.5 Å². The monoisotopic (exact) mass is 801 g/mol. The predicted molar refractivity (Wildman–Crippen MR) is 223 cm³/mol. The number of methoxy groups -OCH3 is 2. The average molecular weight is 803 g/mol. The molecule has 296 valence electrons. The predicted octanol–water partition coefficient (Wildman–Crippen LogP) is 8.85. The minimum atomic E-state index is -1.04. The molecule has 0 saturated carbocycles. The van der Waals surface area contributed by atoms with Crippen molar-refractivity contribution in [2.75, 3.05) is 50.8 Å². The molecule has 6 rings (SSSR count). The second kappa shape index (κ2) is 17.1. The van der Waals surface area contributed by atoms with E-state index >= 15 is 0 Å². The highest BCUT2D eigenvalue weighted by atomic mass is 35.5. The van der Waals surface area contributed by atoms with Gasteiger partial charge in [0.1, 0.15) is 29.8 Å². The topological polar surface area (TPSA) is 119 Å². The van der Waals surface area contributed by atoms with Crippen molar-refractivity contribution in [1.82, 2.24) is 14.5 Å². The van der Waals surface area contributed by atoms with E-state index in [0.717, 1.165) is 73.2 Å². The number of ether oxygens (including phenoxy) is 3. The van der Waals surface area contributed by atoms with E-state index in [9.17, 15) is 14.7 Å². The molecule has 0 aliphatic carbocycles. The van der Waals surface area contributed by atoms with Crippen LogP contribution in [0.3, 0.4) is 0 Å². The molecular weight excluding hydrogens is 753 g/mol. The third kappa shape index (κ3) is 7.64. The van der Waals surface area contributed by atoms with Crippen LogP contribution >= 0.6 is 23.2 Å². The molecule has 3 aromatic carbocycles. The largest absolute Gasteiger partial charge is 0.496 e. The van der Waals surface area contributed by atoms with Crippen molar-refractivity contribution in [3.05, 3.63) is 92.6 Å². The maximum Gasteiger partial charge on any atom is 0.352 e. The molecule has 11 nitrogen and oxygen atoms in total. The van der Waals surface area contributed by atoms with Crippen LogP contribution in [0.4, 0.5) is 11.4 Å². The van der Waals surface area contributed by atoms with E-state index in [1.165, 1.54) is 0 Å². The third-order valence-electron chi connectivity index (χ3n) is 10.9. The Kier molecular flexibility index (Phi) is 12.5. The number of carbonyl (C=O) groups excluding carboxylic acids is 1. The SMILES string of the molecule is COCCn1c(C(=O)O)cc2c(OC)ccc(N(C)C[C@@H](C)N3c4c(ccc(Cl)c4-c4c(C)ncnc4C)C(CCCOc4cc(C)c(Cl)c(C)c4)C3C=O)c21. The lowest BCUT2D eigenvalue weighted by atomic mass is 9.89. The van der Waals surface area contributed by atoms with Crippen LogP contribution in [0.2, 0.25) is 10.0 Å². The third-order valence-corrected chi connectivity index (χ3v) is 11.8. The zero-order chi connectivity index (χ0) is 40.4. The number of hydrogen-bond donors (Lipinski definition) is 1. The molecule has 0 amide bonds. The maximum atomic E-state index is 13.4. The lowest BCUT2D eigenvalue weighted by Gasteiger charge is -2.37. The van der Waals surface area contributed by atoms with Crippen LogP contribution in [0, 0.1) is 27.7 Å². The van der Waals surface area contributed by atoms with Crippen LogP contribution in [0.5, 0.6) is 11.5 Å². The summed E-state index contributed by atoms with van der Waals surface area (Å²) in [5.74, 6) is 0.146. The van der Waals surface area contributed by atoms with Crippen LogP contribution in [0.1, 0.15) is 64.2 Å². The summed E-state index contributed by atoms with van der Waals surface area (Å²) in [6.07, 6.45) is 3.99. The van der Waals surface area contributed by atoms with Gasteiger partial charge in [-0.05, 0) is 101 Å². The molecule has 0 spiro atoms. The van der Waals surface area contributed by atoms with Crippen molar-refractivity contribution in [3.8, 4) is 22.6 Å². The standard InChI is InChI=1S/C43H49Cl2N5O6/c1-24-18-29(19-25(2)40(24)45)56-16-9-10-30-31-11-12-33(44)39(38-27(4)46-23-47-28(38)5)42(31)50(36(30)22-51)26(3)21-48(6)34-13-14-37(55-8)32-20-35(43(52)53)49(41(32)34)15-17-54-7/h11-14,18-20,22-23,26,30,36H,9-10,15-17,21H2,1-8H3,(H,52,53)/t26-,30?,36?/m1/s1. The molecular formula is C43H49Cl2N5O6. The van der Waals surface area contributed by atoms with E-state index in [0.29, 0.717) is 55.3 Å². The second-order valence-corrected chi connectivity index (χ2v) is 15.3. The fourth-order valence-corrected chi connectivity index (χ4v) is 8.72. The molecule has 56 heavy (non-hydrogen) atoms. The molecule has 0 bridgehead atoms. The lowest BCUT2D eigenvalue weighted by molar-refractivity contribution is -0.109. The number of halogens is 2. The summed E-state index contributed by atoms with van der Waals surface area (Å²) in [6.45, 7) is 11.5. The Bertz CT molecular complexity index is 2230. The minimum absolute atomic E-state index is 0.141. The van der Waals surface area contributed by atoms with Gasteiger partial charge in [0.15, 0.2) is 0 Å². The van der Waals surface area contributed by atoms with E-state index in [1.54, 1.807) is 31.2 Å². The fourth-order valence-electron chi connectivity index (χ4n) is 8.36. The maximum absolute atomic E-state index is 13.4. The van der Waals surface area contributed by atoms with Gasteiger partial charge in [-0.25, -0.2) is 14.8 Å². The van der Waals surface area contributed by atoms with Crippen LogP contribution in [-0.4, -0.2) is 85.0 Å². The van der Waals surface area contributed by atoms with Crippen molar-refractivity contribution in [1.29, 1.82) is 0 Å². The minimum Gasteiger partial charge on any atom is -0.496 e. The van der Waals surface area contributed by atoms with Crippen molar-refractivity contribution in [2.24, 2.45) is 0 Å². The number of rotatable bonds is 16. The molecule has 1 N–H and O–H groups in total. The summed E-state index contributed by atoms with van der Waals surface area (Å²) >= 11 is 13.5. The molecule has 3 heterocycles. The number of fused-ring (bicyclic) bond motifs is 2. The number of carbonyl (C=O) groups is 2. The Morgan fingerprint density at radius 3 is 2.32 bits per heavy atom. The zero-order valence-corrected chi connectivity index (χ0v) is 34.7. The quantitative estimate of drug-likeness (QED) is 0.0766. The van der Waals surface area contributed by atoms with Crippen LogP contribution in [0.15, 0.2) is 48.8 Å². The number of anilines is 2. The number of carboxylic acids is 1. The van der Waals surface area contributed by atoms with Gasteiger partial charge in [0.05, 0.1) is 48.3 Å². The smallest absolute Gasteiger partial charge is 0.352 e. The number of aryl methyl sites for hydroxylation is 4. The van der Waals surface area contributed by atoms with E-state index < -0.39 is 12.0 Å². The first-order valence-corrected chi connectivity index (χ1v) is 19.5. The van der Waals surface area contributed by atoms with E-state index in [2.05, 4.69) is 26.7 Å². The van der Waals surface area contributed by atoms with Crippen molar-refractivity contribution in [2.45, 2.75) is 72.0 Å². The van der Waals surface area contributed by atoms with Gasteiger partial charge in [-0.2, -0.15) is 0 Å². The molecule has 5 aromatic rings. The molecule has 1 aliphatic rings. The first kappa shape index (κ1) is 40.8. The van der Waals surface area contributed by atoms with Crippen LogP contribution in [0.25, 0.3) is 22.0 Å². The van der Waals surface area contributed by atoms with E-state index in [1.807, 2.05) is 71.1 Å². The Balaban J connectivity index is 1.40. The number of carboxylic acid groups (broad SMARTS) is 1. The Hall–Kier alpha value is -4.84. The van der Waals surface area contributed by atoms with E-state index in [4.69, 9.17) is 37.4 Å². The summed E-state index contributed by atoms with van der Waals surface area (Å²) in [4.78, 5) is 39.2. The van der Waals surface area contributed by atoms with Gasteiger partial charge in [-0.1, -0.05) is 29.3 Å². The number of nitrogens with zero attached hydrogens (tertiary/aromatic N) is 5. The van der Waals surface area contributed by atoms with Crippen molar-refractivity contribution in [3.63, 3.8) is 0 Å². The number of benzene rings is 3. The summed E-state index contributed by atoms with van der Waals surface area (Å²) in [5, 5.41) is 12.2. The van der Waals surface area contributed by atoms with Crippen molar-refractivity contribution >= 4 is 57.7 Å². The van der Waals surface area contributed by atoms with Crippen molar-refractivity contribution < 1.29 is 28.9 Å². The van der Waals surface area contributed by atoms with Gasteiger partial charge in [0.25, 0.3) is 0 Å². The highest BCUT2D eigenvalue weighted by Gasteiger charge is 2.43. The van der Waals surface area contributed by atoms with E-state index in [-0.39, 0.29) is 17.7 Å². The number of aromatic carboxylic acids is 1. The number of hydrogen-bond acceptors (Lipinski definition) is 9. The second-order valence-electron chi connectivity index (χ2n) is 14.5. The molecule has 1 aliphatic heterocycles. The number of aldehydes is 1.